The maximum absolute atomic E-state index is 14.5. The molecule has 3 nitrogen and oxygen atoms in total. The van der Waals surface area contributed by atoms with Gasteiger partial charge >= 0.3 is 5.97 Å². The fourth-order valence-corrected chi connectivity index (χ4v) is 3.15. The van der Waals surface area contributed by atoms with E-state index in [9.17, 15) is 9.18 Å². The van der Waals surface area contributed by atoms with Crippen LogP contribution in [0.15, 0.2) is 36.4 Å². The number of aliphatic carboxylic acids is 1. The van der Waals surface area contributed by atoms with Crippen molar-refractivity contribution in [1.82, 2.24) is 4.98 Å². The van der Waals surface area contributed by atoms with Crippen LogP contribution in [0, 0.1) is 12.7 Å². The molecule has 0 aliphatic carbocycles. The summed E-state index contributed by atoms with van der Waals surface area (Å²) in [5.41, 5.74) is 4.17. The molecule has 0 spiro atoms. The number of fused-ring (bicyclic) bond motifs is 1. The maximum Gasteiger partial charge on any atom is 0.303 e. The zero-order valence-corrected chi connectivity index (χ0v) is 14.0. The molecule has 0 saturated carbocycles. The Labute approximate surface area is 144 Å². The van der Waals surface area contributed by atoms with Crippen LogP contribution in [-0.4, -0.2) is 16.1 Å². The van der Waals surface area contributed by atoms with E-state index in [0.29, 0.717) is 23.4 Å². The van der Waals surface area contributed by atoms with E-state index < -0.39 is 5.97 Å². The molecule has 0 atom stereocenters. The van der Waals surface area contributed by atoms with Crippen LogP contribution in [0.25, 0.3) is 10.9 Å². The molecule has 2 N–H and O–H groups in total. The molecule has 3 rings (SSSR count). The van der Waals surface area contributed by atoms with Gasteiger partial charge in [-0.2, -0.15) is 0 Å². The van der Waals surface area contributed by atoms with E-state index in [2.05, 4.69) is 4.98 Å². The maximum atomic E-state index is 14.5. The predicted octanol–water partition coefficient (Wildman–Crippen LogP) is 4.88. The first kappa shape index (κ1) is 16.5. The van der Waals surface area contributed by atoms with Gasteiger partial charge in [0.1, 0.15) is 5.82 Å². The number of aryl methyl sites for hydroxylation is 2. The van der Waals surface area contributed by atoms with Gasteiger partial charge in [-0.3, -0.25) is 4.79 Å². The van der Waals surface area contributed by atoms with E-state index in [4.69, 9.17) is 16.7 Å². The van der Waals surface area contributed by atoms with Gasteiger partial charge in [-0.05, 0) is 48.7 Å². The molecular formula is C19H17ClFNO2. The summed E-state index contributed by atoms with van der Waals surface area (Å²) in [7, 11) is 0. The van der Waals surface area contributed by atoms with Crippen molar-refractivity contribution in [3.63, 3.8) is 0 Å². The van der Waals surface area contributed by atoms with Crippen LogP contribution in [0.4, 0.5) is 4.39 Å². The fraction of sp³-hybridized carbons (Fsp3) is 0.211. The Bertz CT molecular complexity index is 900. The zero-order valence-electron chi connectivity index (χ0n) is 13.2. The van der Waals surface area contributed by atoms with Gasteiger partial charge in [-0.25, -0.2) is 4.39 Å². The largest absolute Gasteiger partial charge is 0.481 e. The SMILES string of the molecule is Cc1c(CCC(=O)O)[nH]c2ccc(F)c(Cc3ccc(Cl)cc3)c12. The van der Waals surface area contributed by atoms with E-state index in [0.717, 1.165) is 27.7 Å². The van der Waals surface area contributed by atoms with Crippen LogP contribution in [0.3, 0.4) is 0 Å². The van der Waals surface area contributed by atoms with Gasteiger partial charge in [0.05, 0.1) is 6.42 Å². The number of H-pyrrole nitrogens is 1. The van der Waals surface area contributed by atoms with Gasteiger partial charge in [0.15, 0.2) is 0 Å². The minimum Gasteiger partial charge on any atom is -0.481 e. The Morgan fingerprint density at radius 3 is 2.58 bits per heavy atom. The van der Waals surface area contributed by atoms with Gasteiger partial charge in [-0.15, -0.1) is 0 Å². The van der Waals surface area contributed by atoms with Crippen molar-refractivity contribution in [1.29, 1.82) is 0 Å². The van der Waals surface area contributed by atoms with Crippen LogP contribution >= 0.6 is 11.6 Å². The minimum absolute atomic E-state index is 0.0443. The second-order valence-corrected chi connectivity index (χ2v) is 6.31. The Morgan fingerprint density at radius 2 is 1.92 bits per heavy atom. The molecule has 2 aromatic carbocycles. The first-order valence-corrected chi connectivity index (χ1v) is 8.08. The highest BCUT2D eigenvalue weighted by Crippen LogP contribution is 2.30. The van der Waals surface area contributed by atoms with Crippen molar-refractivity contribution in [2.24, 2.45) is 0 Å². The molecule has 1 heterocycles. The molecule has 0 amide bonds. The second-order valence-electron chi connectivity index (χ2n) is 5.87. The molecular weight excluding hydrogens is 329 g/mol. The van der Waals surface area contributed by atoms with E-state index in [1.54, 1.807) is 18.2 Å². The molecule has 0 aliphatic heterocycles. The number of carboxylic acids is 1. The predicted molar refractivity (Wildman–Crippen MR) is 93.2 cm³/mol. The first-order chi connectivity index (χ1) is 11.5. The van der Waals surface area contributed by atoms with E-state index in [1.165, 1.54) is 6.07 Å². The number of benzene rings is 2. The summed E-state index contributed by atoms with van der Waals surface area (Å²) in [4.78, 5) is 14.0. The van der Waals surface area contributed by atoms with Gasteiger partial charge in [0, 0.05) is 33.6 Å². The number of aromatic amines is 1. The topological polar surface area (TPSA) is 53.1 Å². The summed E-state index contributed by atoms with van der Waals surface area (Å²) in [6.45, 7) is 1.90. The van der Waals surface area contributed by atoms with Crippen LogP contribution in [0.2, 0.25) is 5.02 Å². The van der Waals surface area contributed by atoms with E-state index in [1.807, 2.05) is 19.1 Å². The number of aromatic nitrogens is 1. The Hall–Kier alpha value is -2.33. The Balaban J connectivity index is 2.04. The quantitative estimate of drug-likeness (QED) is 0.692. The monoisotopic (exact) mass is 345 g/mol. The molecule has 0 radical (unpaired) electrons. The third-order valence-corrected chi connectivity index (χ3v) is 4.50. The second kappa shape index (κ2) is 6.65. The van der Waals surface area contributed by atoms with Crippen molar-refractivity contribution >= 4 is 28.5 Å². The number of hydrogen-bond acceptors (Lipinski definition) is 1. The summed E-state index contributed by atoms with van der Waals surface area (Å²) >= 11 is 5.90. The van der Waals surface area contributed by atoms with Crippen LogP contribution in [-0.2, 0) is 17.6 Å². The van der Waals surface area contributed by atoms with E-state index in [-0.39, 0.29) is 12.2 Å². The highest BCUT2D eigenvalue weighted by atomic mass is 35.5. The summed E-state index contributed by atoms with van der Waals surface area (Å²) < 4.78 is 14.5. The average Bonchev–Trinajstić information content (AvgIpc) is 2.87. The average molecular weight is 346 g/mol. The number of halogens is 2. The lowest BCUT2D eigenvalue weighted by atomic mass is 9.98. The summed E-state index contributed by atoms with van der Waals surface area (Å²) in [6, 6.07) is 10.5. The van der Waals surface area contributed by atoms with Crippen molar-refractivity contribution in [2.75, 3.05) is 0 Å². The Kier molecular flexibility index (Phi) is 4.58. The lowest BCUT2D eigenvalue weighted by molar-refractivity contribution is -0.136. The standard InChI is InChI=1S/C19H17ClFNO2/c1-11-16(8-9-18(23)24)22-17-7-6-15(21)14(19(11)17)10-12-2-4-13(20)5-3-12/h2-7,22H,8-10H2,1H3,(H,23,24). The zero-order chi connectivity index (χ0) is 17.3. The van der Waals surface area contributed by atoms with Crippen LogP contribution in [0.1, 0.15) is 28.8 Å². The molecule has 124 valence electrons. The lowest BCUT2D eigenvalue weighted by Gasteiger charge is -2.07. The highest BCUT2D eigenvalue weighted by molar-refractivity contribution is 6.30. The molecule has 5 heteroatoms. The highest BCUT2D eigenvalue weighted by Gasteiger charge is 2.16. The summed E-state index contributed by atoms with van der Waals surface area (Å²) in [5.74, 6) is -1.11. The molecule has 0 aliphatic rings. The minimum atomic E-state index is -0.847. The van der Waals surface area contributed by atoms with Gasteiger partial charge in [-0.1, -0.05) is 23.7 Å². The van der Waals surface area contributed by atoms with Crippen molar-refractivity contribution in [2.45, 2.75) is 26.2 Å². The Morgan fingerprint density at radius 1 is 1.21 bits per heavy atom. The molecule has 24 heavy (non-hydrogen) atoms. The van der Waals surface area contributed by atoms with Gasteiger partial charge in [0.2, 0.25) is 0 Å². The first-order valence-electron chi connectivity index (χ1n) is 7.70. The number of hydrogen-bond donors (Lipinski definition) is 2. The van der Waals surface area contributed by atoms with Crippen molar-refractivity contribution < 1.29 is 14.3 Å². The molecule has 0 unspecified atom stereocenters. The number of rotatable bonds is 5. The number of nitrogens with one attached hydrogen (secondary N) is 1. The normalized spacial score (nSPS) is 11.1. The van der Waals surface area contributed by atoms with Gasteiger partial charge in [0.25, 0.3) is 0 Å². The van der Waals surface area contributed by atoms with Crippen molar-refractivity contribution in [3.8, 4) is 0 Å². The van der Waals surface area contributed by atoms with Gasteiger partial charge < -0.3 is 10.1 Å². The third-order valence-electron chi connectivity index (χ3n) is 4.25. The fourth-order valence-electron chi connectivity index (χ4n) is 3.02. The lowest BCUT2D eigenvalue weighted by Crippen LogP contribution is -1.98. The molecule has 1 aromatic heterocycles. The van der Waals surface area contributed by atoms with Crippen LogP contribution in [0.5, 0.6) is 0 Å². The molecule has 0 fully saturated rings. The van der Waals surface area contributed by atoms with Crippen molar-refractivity contribution in [3.05, 3.63) is 69.6 Å². The number of carboxylic acid groups (broad SMARTS) is 1. The smallest absolute Gasteiger partial charge is 0.303 e. The van der Waals surface area contributed by atoms with E-state index >= 15 is 0 Å². The molecule has 0 saturated heterocycles. The van der Waals surface area contributed by atoms with Crippen LogP contribution < -0.4 is 0 Å². The third kappa shape index (κ3) is 3.29. The summed E-state index contributed by atoms with van der Waals surface area (Å²) in [5, 5.41) is 10.4. The summed E-state index contributed by atoms with van der Waals surface area (Å²) in [6.07, 6.45) is 0.901. The number of carbonyl (C=O) groups is 1. The molecule has 3 aromatic rings. The molecule has 0 bridgehead atoms.